The van der Waals surface area contributed by atoms with Gasteiger partial charge >= 0.3 is 0 Å². The van der Waals surface area contributed by atoms with Gasteiger partial charge in [-0.05, 0) is 30.2 Å². The average molecular weight is 453 g/mol. The van der Waals surface area contributed by atoms with Gasteiger partial charge < -0.3 is 11.1 Å². The molecule has 0 aliphatic heterocycles. The minimum absolute atomic E-state index is 0.150. The monoisotopic (exact) mass is 452 g/mol. The zero-order valence-corrected chi connectivity index (χ0v) is 18.9. The predicted octanol–water partition coefficient (Wildman–Crippen LogP) is 3.21. The summed E-state index contributed by atoms with van der Waals surface area (Å²) in [6.45, 7) is 1.96. The van der Waals surface area contributed by atoms with E-state index < -0.39 is 0 Å². The molecule has 2 aromatic carbocycles. The summed E-state index contributed by atoms with van der Waals surface area (Å²) in [7, 11) is 1.86. The van der Waals surface area contributed by atoms with E-state index in [1.165, 1.54) is 6.33 Å². The van der Waals surface area contributed by atoms with Crippen molar-refractivity contribution in [3.63, 3.8) is 0 Å². The van der Waals surface area contributed by atoms with Crippen LogP contribution >= 0.6 is 0 Å². The number of benzene rings is 2. The van der Waals surface area contributed by atoms with E-state index in [1.807, 2.05) is 73.1 Å². The molecular formula is C25H24N8O. The largest absolute Gasteiger partial charge is 0.382 e. The molecule has 0 bridgehead atoms. The molecule has 0 saturated carbocycles. The zero-order valence-electron chi connectivity index (χ0n) is 18.9. The number of aromatic nitrogens is 6. The molecule has 1 atom stereocenters. The smallest absolute Gasteiger partial charge is 0.255 e. The molecule has 1 amide bonds. The molecule has 0 saturated heterocycles. The third-order valence-corrected chi connectivity index (χ3v) is 5.90. The molecule has 170 valence electrons. The number of hydrogen-bond acceptors (Lipinski definition) is 6. The van der Waals surface area contributed by atoms with Gasteiger partial charge in [-0.25, -0.2) is 15.0 Å². The average Bonchev–Trinajstić information content (AvgIpc) is 3.45. The second-order valence-corrected chi connectivity index (χ2v) is 8.12. The highest BCUT2D eigenvalue weighted by atomic mass is 16.1. The van der Waals surface area contributed by atoms with Crippen molar-refractivity contribution in [1.82, 2.24) is 34.6 Å². The molecule has 9 heteroatoms. The summed E-state index contributed by atoms with van der Waals surface area (Å²) in [5.74, 6) is 0.196. The van der Waals surface area contributed by atoms with Gasteiger partial charge in [0.05, 0.1) is 23.5 Å². The van der Waals surface area contributed by atoms with Crippen LogP contribution in [-0.2, 0) is 13.5 Å². The number of nitrogens with two attached hydrogens (primary N) is 1. The maximum atomic E-state index is 13.1. The van der Waals surface area contributed by atoms with E-state index in [0.29, 0.717) is 29.0 Å². The van der Waals surface area contributed by atoms with Crippen molar-refractivity contribution < 1.29 is 4.79 Å². The molecule has 0 aliphatic carbocycles. The fraction of sp³-hybridized carbons (Fsp3) is 0.160. The van der Waals surface area contributed by atoms with Crippen molar-refractivity contribution >= 4 is 22.9 Å². The van der Waals surface area contributed by atoms with Crippen molar-refractivity contribution in [2.24, 2.45) is 7.05 Å². The van der Waals surface area contributed by atoms with Crippen LogP contribution in [0.5, 0.6) is 0 Å². The van der Waals surface area contributed by atoms with Crippen LogP contribution in [0.3, 0.4) is 0 Å². The Bertz CT molecular complexity index is 1450. The lowest BCUT2D eigenvalue weighted by Gasteiger charge is -2.15. The molecule has 0 spiro atoms. The van der Waals surface area contributed by atoms with Crippen molar-refractivity contribution in [3.8, 4) is 5.69 Å². The molecule has 3 N–H and O–H groups in total. The normalized spacial score (nSPS) is 12.1. The Morgan fingerprint density at radius 1 is 1.06 bits per heavy atom. The van der Waals surface area contributed by atoms with Crippen LogP contribution in [0.1, 0.15) is 40.1 Å². The number of fused-ring (bicyclic) bond motifs is 1. The first-order chi connectivity index (χ1) is 16.5. The topological polar surface area (TPSA) is 117 Å². The summed E-state index contributed by atoms with van der Waals surface area (Å²) in [5, 5.41) is 7.41. The van der Waals surface area contributed by atoms with Crippen LogP contribution in [0.25, 0.3) is 16.9 Å². The summed E-state index contributed by atoms with van der Waals surface area (Å²) < 4.78 is 3.61. The van der Waals surface area contributed by atoms with E-state index in [1.54, 1.807) is 17.2 Å². The summed E-state index contributed by atoms with van der Waals surface area (Å²) in [5.41, 5.74) is 11.5. The predicted molar refractivity (Wildman–Crippen MR) is 129 cm³/mol. The summed E-state index contributed by atoms with van der Waals surface area (Å²) in [6.07, 6.45) is 5.36. The SMILES string of the molecule is CC(NC(=O)c1cnn(C)c1Cc1ccccc1)c1ccc(-n2cnc3c(N)ncnc32)cc1. The van der Waals surface area contributed by atoms with E-state index in [2.05, 4.69) is 25.4 Å². The van der Waals surface area contributed by atoms with Crippen molar-refractivity contribution in [2.45, 2.75) is 19.4 Å². The summed E-state index contributed by atoms with van der Waals surface area (Å²) in [6, 6.07) is 17.7. The highest BCUT2D eigenvalue weighted by molar-refractivity contribution is 5.95. The Kier molecular flexibility index (Phi) is 5.51. The van der Waals surface area contributed by atoms with Gasteiger partial charge in [-0.2, -0.15) is 5.10 Å². The Morgan fingerprint density at radius 3 is 2.59 bits per heavy atom. The molecule has 5 aromatic rings. The summed E-state index contributed by atoms with van der Waals surface area (Å²) in [4.78, 5) is 25.7. The molecule has 0 fully saturated rings. The number of amides is 1. The Hall–Kier alpha value is -4.53. The van der Waals surface area contributed by atoms with Crippen LogP contribution in [0.2, 0.25) is 0 Å². The van der Waals surface area contributed by atoms with Crippen molar-refractivity contribution in [3.05, 3.63) is 95.8 Å². The minimum Gasteiger partial charge on any atom is -0.382 e. The van der Waals surface area contributed by atoms with Crippen molar-refractivity contribution in [2.75, 3.05) is 5.73 Å². The number of nitrogens with one attached hydrogen (secondary N) is 1. The van der Waals surface area contributed by atoms with Gasteiger partial charge in [0.15, 0.2) is 17.0 Å². The van der Waals surface area contributed by atoms with Gasteiger partial charge in [0.2, 0.25) is 0 Å². The minimum atomic E-state index is -0.191. The lowest BCUT2D eigenvalue weighted by Crippen LogP contribution is -2.27. The van der Waals surface area contributed by atoms with Gasteiger partial charge in [0.25, 0.3) is 5.91 Å². The van der Waals surface area contributed by atoms with Gasteiger partial charge in [-0.15, -0.1) is 0 Å². The number of carbonyl (C=O) groups excluding carboxylic acids is 1. The van der Waals surface area contributed by atoms with Crippen molar-refractivity contribution in [1.29, 1.82) is 0 Å². The molecule has 5 rings (SSSR count). The highest BCUT2D eigenvalue weighted by Gasteiger charge is 2.19. The zero-order chi connectivity index (χ0) is 23.7. The first kappa shape index (κ1) is 21.3. The van der Waals surface area contributed by atoms with Gasteiger partial charge in [-0.1, -0.05) is 42.5 Å². The van der Waals surface area contributed by atoms with Crippen LogP contribution in [-0.4, -0.2) is 35.2 Å². The fourth-order valence-electron chi connectivity index (χ4n) is 3.97. The van der Waals surface area contributed by atoms with E-state index in [0.717, 1.165) is 22.5 Å². The number of imidazole rings is 1. The summed E-state index contributed by atoms with van der Waals surface area (Å²) >= 11 is 0. The Labute approximate surface area is 196 Å². The molecule has 1 unspecified atom stereocenters. The van der Waals surface area contributed by atoms with Crippen LogP contribution in [0.15, 0.2) is 73.4 Å². The van der Waals surface area contributed by atoms with Gasteiger partial charge in [-0.3, -0.25) is 14.0 Å². The highest BCUT2D eigenvalue weighted by Crippen LogP contribution is 2.22. The van der Waals surface area contributed by atoms with Crippen LogP contribution < -0.4 is 11.1 Å². The molecule has 3 heterocycles. The van der Waals surface area contributed by atoms with Gasteiger partial charge in [0.1, 0.15) is 12.7 Å². The van der Waals surface area contributed by atoms with E-state index >= 15 is 0 Å². The third-order valence-electron chi connectivity index (χ3n) is 5.90. The molecule has 0 radical (unpaired) electrons. The van der Waals surface area contributed by atoms with Gasteiger partial charge in [0, 0.05) is 19.2 Å². The number of hydrogen-bond donors (Lipinski definition) is 2. The molecule has 0 aliphatic rings. The maximum Gasteiger partial charge on any atom is 0.255 e. The van der Waals surface area contributed by atoms with E-state index in [9.17, 15) is 4.79 Å². The Morgan fingerprint density at radius 2 is 1.82 bits per heavy atom. The quantitative estimate of drug-likeness (QED) is 0.409. The number of nitrogen functional groups attached to an aromatic ring is 1. The standard InChI is InChI=1S/C25H24N8O/c1-16(31-25(34)20-13-30-32(2)21(20)12-17-6-4-3-5-7-17)18-8-10-19(11-9-18)33-15-29-22-23(26)27-14-28-24(22)33/h3-11,13-16H,12H2,1-2H3,(H,31,34)(H2,26,27,28). The fourth-order valence-corrected chi connectivity index (χ4v) is 3.97. The molecule has 34 heavy (non-hydrogen) atoms. The first-order valence-electron chi connectivity index (χ1n) is 10.9. The van der Waals surface area contributed by atoms with E-state index in [-0.39, 0.29) is 11.9 Å². The second-order valence-electron chi connectivity index (χ2n) is 8.12. The number of nitrogens with zero attached hydrogens (tertiary/aromatic N) is 6. The number of rotatable bonds is 6. The maximum absolute atomic E-state index is 13.1. The van der Waals surface area contributed by atoms with E-state index in [4.69, 9.17) is 5.73 Å². The Balaban J connectivity index is 1.33. The molecular weight excluding hydrogens is 428 g/mol. The van der Waals surface area contributed by atoms with Crippen LogP contribution in [0, 0.1) is 0 Å². The lowest BCUT2D eigenvalue weighted by atomic mass is 10.0. The number of anilines is 1. The van der Waals surface area contributed by atoms with Crippen LogP contribution in [0.4, 0.5) is 5.82 Å². The lowest BCUT2D eigenvalue weighted by molar-refractivity contribution is 0.0939. The first-order valence-corrected chi connectivity index (χ1v) is 10.9. The third kappa shape index (κ3) is 3.99. The molecule has 9 nitrogen and oxygen atoms in total. The number of carbonyl (C=O) groups is 1. The molecule has 3 aromatic heterocycles. The number of aryl methyl sites for hydroxylation is 1. The second kappa shape index (κ2) is 8.78.